The molecule has 39 heavy (non-hydrogen) atoms. The van der Waals surface area contributed by atoms with Crippen molar-refractivity contribution in [3.05, 3.63) is 83.2 Å². The summed E-state index contributed by atoms with van der Waals surface area (Å²) in [4.78, 5) is 16.6. The number of imidazole rings is 2. The molecule has 0 aliphatic rings. The molecule has 6 nitrogen and oxygen atoms in total. The molecule has 0 atom stereocenters. The summed E-state index contributed by atoms with van der Waals surface area (Å²) in [5.41, 5.74) is -1.78. The van der Waals surface area contributed by atoms with Gasteiger partial charge in [0.05, 0.1) is 22.8 Å². The van der Waals surface area contributed by atoms with Crippen LogP contribution in [-0.2, 0) is 17.8 Å². The quantitative estimate of drug-likeness (QED) is 0.234. The largest absolute Gasteiger partial charge is 0.435 e. The second-order valence-corrected chi connectivity index (χ2v) is 10.4. The highest BCUT2D eigenvalue weighted by Gasteiger charge is 2.40. The summed E-state index contributed by atoms with van der Waals surface area (Å²) in [6, 6.07) is 10.0. The monoisotopic (exact) mass is 550 g/mol. The number of halogens is 6. The molecule has 0 radical (unpaired) electrons. The van der Waals surface area contributed by atoms with E-state index < -0.39 is 41.0 Å². The summed E-state index contributed by atoms with van der Waals surface area (Å²) in [6.07, 6.45) is -7.00. The van der Waals surface area contributed by atoms with Crippen molar-refractivity contribution in [2.45, 2.75) is 71.1 Å². The van der Waals surface area contributed by atoms with Gasteiger partial charge in [0.2, 0.25) is 0 Å². The van der Waals surface area contributed by atoms with E-state index in [0.29, 0.717) is 11.4 Å². The number of rotatable bonds is 6. The zero-order chi connectivity index (χ0) is 28.9. The maximum atomic E-state index is 13.6. The molecule has 0 aliphatic heterocycles. The van der Waals surface area contributed by atoms with E-state index in [4.69, 9.17) is 0 Å². The zero-order valence-electron chi connectivity index (χ0n) is 22.2. The molecular formula is C27H28F6N6. The van der Waals surface area contributed by atoms with E-state index in [-0.39, 0.29) is 23.0 Å². The molecular weight excluding hydrogens is 522 g/mol. The highest BCUT2D eigenvalue weighted by Crippen LogP contribution is 2.37. The Balaban J connectivity index is 1.79. The van der Waals surface area contributed by atoms with Gasteiger partial charge in [-0.3, -0.25) is 9.13 Å². The first-order valence-corrected chi connectivity index (χ1v) is 12.3. The fourth-order valence-electron chi connectivity index (χ4n) is 4.56. The maximum absolute atomic E-state index is 13.6. The van der Waals surface area contributed by atoms with Crippen molar-refractivity contribution in [3.63, 3.8) is 0 Å². The average Bonchev–Trinajstić information content (AvgIpc) is 3.50. The topological polar surface area (TPSA) is 61.4 Å². The van der Waals surface area contributed by atoms with Gasteiger partial charge in [-0.15, -0.1) is 0 Å². The first kappa shape index (κ1) is 28.3. The Kier molecular flexibility index (Phi) is 7.11. The van der Waals surface area contributed by atoms with Crippen LogP contribution in [0.5, 0.6) is 0 Å². The van der Waals surface area contributed by atoms with Gasteiger partial charge in [0.1, 0.15) is 24.3 Å². The fourth-order valence-corrected chi connectivity index (χ4v) is 4.56. The van der Waals surface area contributed by atoms with Crippen LogP contribution in [0.1, 0.15) is 87.5 Å². The van der Waals surface area contributed by atoms with Gasteiger partial charge in [-0.25, -0.2) is 19.9 Å². The summed E-state index contributed by atoms with van der Waals surface area (Å²) in [5, 5.41) is 0. The molecule has 0 bridgehead atoms. The molecule has 0 aromatic carbocycles. The van der Waals surface area contributed by atoms with Gasteiger partial charge in [0.25, 0.3) is 0 Å². The Hall–Kier alpha value is -3.70. The number of pyridine rings is 2. The second kappa shape index (κ2) is 9.80. The van der Waals surface area contributed by atoms with Crippen LogP contribution in [-0.4, -0.2) is 29.1 Å². The van der Waals surface area contributed by atoms with E-state index in [1.807, 2.05) is 13.8 Å². The Morgan fingerprint density at radius 2 is 0.974 bits per heavy atom. The molecule has 0 N–H and O–H groups in total. The smallest absolute Gasteiger partial charge is 0.287 e. The normalized spacial score (nSPS) is 13.1. The summed E-state index contributed by atoms with van der Waals surface area (Å²) in [7, 11) is 0. The van der Waals surface area contributed by atoms with Crippen LogP contribution < -0.4 is 0 Å². The number of hydrogen-bond donors (Lipinski definition) is 0. The number of alkyl halides is 6. The van der Waals surface area contributed by atoms with Crippen molar-refractivity contribution in [3.8, 4) is 11.6 Å². The summed E-state index contributed by atoms with van der Waals surface area (Å²) >= 11 is 0. The molecule has 4 aromatic rings. The summed E-state index contributed by atoms with van der Waals surface area (Å²) in [5.74, 6) is -0.439. The molecule has 12 heteroatoms. The van der Waals surface area contributed by atoms with E-state index >= 15 is 0 Å². The van der Waals surface area contributed by atoms with E-state index in [0.717, 1.165) is 12.7 Å². The molecule has 0 saturated carbocycles. The van der Waals surface area contributed by atoms with Crippen LogP contribution in [0.3, 0.4) is 0 Å². The third kappa shape index (κ3) is 5.28. The van der Waals surface area contributed by atoms with Crippen molar-refractivity contribution in [1.29, 1.82) is 0 Å². The first-order valence-electron chi connectivity index (χ1n) is 12.3. The molecule has 4 rings (SSSR count). The zero-order valence-corrected chi connectivity index (χ0v) is 22.2. The van der Waals surface area contributed by atoms with E-state index in [9.17, 15) is 26.3 Å². The number of nitrogens with zero attached hydrogens (tertiary/aromatic N) is 6. The van der Waals surface area contributed by atoms with Gasteiger partial charge in [0, 0.05) is 5.41 Å². The molecule has 0 spiro atoms. The standard InChI is InChI=1S/C27H28F6N6/c1-15(2)21-23(26(28,29)30)34-13-38(21)19-11-7-9-17(36-19)25(5,6)18-10-8-12-20(37-18)39-14-35-24(27(31,32)33)22(39)16(3)4/h7-16H,1-6H3. The Morgan fingerprint density at radius 1 is 0.615 bits per heavy atom. The van der Waals surface area contributed by atoms with Gasteiger partial charge >= 0.3 is 12.4 Å². The number of aromatic nitrogens is 6. The van der Waals surface area contributed by atoms with Crippen LogP contribution in [0.4, 0.5) is 26.3 Å². The SMILES string of the molecule is CC(C)c1c(C(F)(F)F)ncn1-c1cccc(C(C)(C)c2cccc(-n3cnc(C(F)(F)F)c3C(C)C)n2)n1. The van der Waals surface area contributed by atoms with Crippen LogP contribution in [0, 0.1) is 0 Å². The van der Waals surface area contributed by atoms with Crippen molar-refractivity contribution in [2.75, 3.05) is 0 Å². The van der Waals surface area contributed by atoms with Crippen LogP contribution in [0.15, 0.2) is 49.1 Å². The van der Waals surface area contributed by atoms with Gasteiger partial charge in [-0.2, -0.15) is 26.3 Å². The minimum Gasteiger partial charge on any atom is -0.287 e. The molecule has 4 aromatic heterocycles. The minimum absolute atomic E-state index is 0.00753. The summed E-state index contributed by atoms with van der Waals surface area (Å²) in [6.45, 7) is 10.3. The van der Waals surface area contributed by atoms with Crippen LogP contribution in [0.2, 0.25) is 0 Å². The van der Waals surface area contributed by atoms with Crippen LogP contribution >= 0.6 is 0 Å². The predicted octanol–water partition coefficient (Wildman–Crippen LogP) is 7.46. The minimum atomic E-state index is -4.61. The Morgan fingerprint density at radius 3 is 1.28 bits per heavy atom. The van der Waals surface area contributed by atoms with Crippen LogP contribution in [0.25, 0.3) is 11.6 Å². The van der Waals surface area contributed by atoms with Crippen molar-refractivity contribution >= 4 is 0 Å². The second-order valence-electron chi connectivity index (χ2n) is 10.4. The molecule has 0 aliphatic carbocycles. The Labute approximate surface area is 221 Å². The molecule has 0 fully saturated rings. The van der Waals surface area contributed by atoms with E-state index in [1.165, 1.54) is 9.13 Å². The van der Waals surface area contributed by atoms with E-state index in [2.05, 4.69) is 19.9 Å². The highest BCUT2D eigenvalue weighted by atomic mass is 19.4. The maximum Gasteiger partial charge on any atom is 0.435 e. The molecule has 4 heterocycles. The van der Waals surface area contributed by atoms with Gasteiger partial charge in [0.15, 0.2) is 11.4 Å². The van der Waals surface area contributed by atoms with Gasteiger partial charge in [-0.1, -0.05) is 39.8 Å². The average molecular weight is 551 g/mol. The predicted molar refractivity (Wildman–Crippen MR) is 133 cm³/mol. The molecule has 0 amide bonds. The van der Waals surface area contributed by atoms with Crippen molar-refractivity contribution in [2.24, 2.45) is 0 Å². The summed E-state index contributed by atoms with van der Waals surface area (Å²) < 4.78 is 84.1. The molecule has 0 unspecified atom stereocenters. The van der Waals surface area contributed by atoms with Crippen molar-refractivity contribution < 1.29 is 26.3 Å². The lowest BCUT2D eigenvalue weighted by Gasteiger charge is -2.25. The third-order valence-electron chi connectivity index (χ3n) is 6.48. The van der Waals surface area contributed by atoms with Gasteiger partial charge in [-0.05, 0) is 49.9 Å². The molecule has 208 valence electrons. The first-order chi connectivity index (χ1) is 18.0. The van der Waals surface area contributed by atoms with Gasteiger partial charge < -0.3 is 0 Å². The Bertz CT molecular complexity index is 1370. The van der Waals surface area contributed by atoms with Crippen molar-refractivity contribution in [1.82, 2.24) is 29.1 Å². The molecule has 0 saturated heterocycles. The number of hydrogen-bond acceptors (Lipinski definition) is 4. The third-order valence-corrected chi connectivity index (χ3v) is 6.48. The highest BCUT2D eigenvalue weighted by molar-refractivity contribution is 5.39. The lowest BCUT2D eigenvalue weighted by Crippen LogP contribution is -2.24. The lowest BCUT2D eigenvalue weighted by atomic mass is 9.84. The fraction of sp³-hybridized carbons (Fsp3) is 0.407. The lowest BCUT2D eigenvalue weighted by molar-refractivity contribution is -0.142. The van der Waals surface area contributed by atoms with E-state index in [1.54, 1.807) is 64.1 Å².